The number of nitrogens with zero attached hydrogens (tertiary/aromatic N) is 2. The van der Waals surface area contributed by atoms with Crippen LogP contribution in [0.5, 0.6) is 5.75 Å². The molecule has 0 spiro atoms. The van der Waals surface area contributed by atoms with Crippen molar-refractivity contribution in [2.75, 3.05) is 37.7 Å². The van der Waals surface area contributed by atoms with Crippen LogP contribution in [0.15, 0.2) is 24.3 Å². The number of piperazine rings is 1. The average molecular weight is 374 g/mol. The lowest BCUT2D eigenvalue weighted by molar-refractivity contribution is -0.132. The van der Waals surface area contributed by atoms with E-state index in [9.17, 15) is 14.4 Å². The summed E-state index contributed by atoms with van der Waals surface area (Å²) in [6.07, 6.45) is 0.518. The number of ether oxygens (including phenoxy) is 1. The Morgan fingerprint density at radius 3 is 2.59 bits per heavy atom. The minimum Gasteiger partial charge on any atom is -0.494 e. The molecule has 0 radical (unpaired) electrons. The SMILES string of the molecule is CCOc1cccc(N2CCN(C(=O)CC[C@]3(C)NC(=O)NC3=O)CC2)c1. The lowest BCUT2D eigenvalue weighted by atomic mass is 9.96. The number of amides is 4. The van der Waals surface area contributed by atoms with E-state index in [-0.39, 0.29) is 18.2 Å². The highest BCUT2D eigenvalue weighted by Gasteiger charge is 2.42. The highest BCUT2D eigenvalue weighted by Crippen LogP contribution is 2.23. The van der Waals surface area contributed by atoms with E-state index >= 15 is 0 Å². The van der Waals surface area contributed by atoms with Gasteiger partial charge in [0.25, 0.3) is 5.91 Å². The lowest BCUT2D eigenvalue weighted by Crippen LogP contribution is -2.50. The van der Waals surface area contributed by atoms with Crippen molar-refractivity contribution in [2.45, 2.75) is 32.2 Å². The van der Waals surface area contributed by atoms with Crippen molar-refractivity contribution in [3.63, 3.8) is 0 Å². The predicted molar refractivity (Wildman–Crippen MR) is 101 cm³/mol. The second-order valence-corrected chi connectivity index (χ2v) is 7.04. The molecule has 0 saturated carbocycles. The van der Waals surface area contributed by atoms with Gasteiger partial charge >= 0.3 is 6.03 Å². The van der Waals surface area contributed by atoms with Crippen molar-refractivity contribution >= 4 is 23.5 Å². The Morgan fingerprint density at radius 1 is 1.22 bits per heavy atom. The van der Waals surface area contributed by atoms with E-state index in [1.807, 2.05) is 36.1 Å². The summed E-state index contributed by atoms with van der Waals surface area (Å²) in [6.45, 7) is 6.98. The largest absolute Gasteiger partial charge is 0.494 e. The monoisotopic (exact) mass is 374 g/mol. The van der Waals surface area contributed by atoms with E-state index in [1.165, 1.54) is 0 Å². The van der Waals surface area contributed by atoms with Crippen LogP contribution in [0.25, 0.3) is 0 Å². The first-order chi connectivity index (χ1) is 12.9. The first-order valence-corrected chi connectivity index (χ1v) is 9.30. The number of carbonyl (C=O) groups is 3. The Labute approximate surface area is 158 Å². The van der Waals surface area contributed by atoms with Crippen LogP contribution in [-0.2, 0) is 9.59 Å². The fraction of sp³-hybridized carbons (Fsp3) is 0.526. The first-order valence-electron chi connectivity index (χ1n) is 9.30. The van der Waals surface area contributed by atoms with Gasteiger partial charge in [0.2, 0.25) is 5.91 Å². The highest BCUT2D eigenvalue weighted by molar-refractivity contribution is 6.06. The molecule has 0 unspecified atom stereocenters. The molecule has 0 aromatic heterocycles. The molecule has 3 rings (SSSR count). The Kier molecular flexibility index (Phi) is 5.53. The van der Waals surface area contributed by atoms with Gasteiger partial charge < -0.3 is 19.9 Å². The average Bonchev–Trinajstić information content (AvgIpc) is 2.92. The van der Waals surface area contributed by atoms with Gasteiger partial charge in [-0.1, -0.05) is 6.07 Å². The van der Waals surface area contributed by atoms with Crippen molar-refractivity contribution in [3.05, 3.63) is 24.3 Å². The quantitative estimate of drug-likeness (QED) is 0.728. The lowest BCUT2D eigenvalue weighted by Gasteiger charge is -2.36. The van der Waals surface area contributed by atoms with Crippen LogP contribution in [0.1, 0.15) is 26.7 Å². The zero-order valence-corrected chi connectivity index (χ0v) is 15.8. The van der Waals surface area contributed by atoms with Gasteiger partial charge in [0.15, 0.2) is 0 Å². The third-order valence-electron chi connectivity index (χ3n) is 5.08. The van der Waals surface area contributed by atoms with Crippen molar-refractivity contribution in [1.82, 2.24) is 15.5 Å². The van der Waals surface area contributed by atoms with E-state index in [1.54, 1.807) is 6.92 Å². The number of nitrogens with one attached hydrogen (secondary N) is 2. The first kappa shape index (κ1) is 19.0. The van der Waals surface area contributed by atoms with Crippen molar-refractivity contribution in [1.29, 1.82) is 0 Å². The van der Waals surface area contributed by atoms with Gasteiger partial charge in [-0.15, -0.1) is 0 Å². The zero-order chi connectivity index (χ0) is 19.4. The molecule has 8 nitrogen and oxygen atoms in total. The molecule has 27 heavy (non-hydrogen) atoms. The van der Waals surface area contributed by atoms with Crippen LogP contribution in [-0.4, -0.2) is 61.1 Å². The fourth-order valence-corrected chi connectivity index (χ4v) is 3.42. The Balaban J connectivity index is 1.50. The standard InChI is InChI=1S/C19H26N4O4/c1-3-27-15-6-4-5-14(13-15)22-9-11-23(12-10-22)16(24)7-8-19(2)17(25)20-18(26)21-19/h4-6,13H,3,7-12H2,1-2H3,(H2,20,21,25,26)/t19-/m0/s1. The summed E-state index contributed by atoms with van der Waals surface area (Å²) in [5.74, 6) is 0.478. The third kappa shape index (κ3) is 4.32. The van der Waals surface area contributed by atoms with Gasteiger partial charge in [0.1, 0.15) is 11.3 Å². The number of urea groups is 1. The van der Waals surface area contributed by atoms with E-state index in [4.69, 9.17) is 4.74 Å². The van der Waals surface area contributed by atoms with Crippen LogP contribution < -0.4 is 20.3 Å². The summed E-state index contributed by atoms with van der Waals surface area (Å²) < 4.78 is 5.55. The molecule has 1 atom stereocenters. The Bertz CT molecular complexity index is 730. The summed E-state index contributed by atoms with van der Waals surface area (Å²) in [7, 11) is 0. The van der Waals surface area contributed by atoms with Gasteiger partial charge in [-0.2, -0.15) is 0 Å². The summed E-state index contributed by atoms with van der Waals surface area (Å²) in [6, 6.07) is 7.47. The van der Waals surface area contributed by atoms with Crippen LogP contribution in [0.2, 0.25) is 0 Å². The maximum Gasteiger partial charge on any atom is 0.322 e. The predicted octanol–water partition coefficient (Wildman–Crippen LogP) is 1.11. The fourth-order valence-electron chi connectivity index (χ4n) is 3.42. The topological polar surface area (TPSA) is 91.0 Å². The number of benzene rings is 1. The molecular weight excluding hydrogens is 348 g/mol. The number of imide groups is 1. The number of hydrogen-bond donors (Lipinski definition) is 2. The zero-order valence-electron chi connectivity index (χ0n) is 15.8. The molecule has 2 aliphatic heterocycles. The molecule has 2 N–H and O–H groups in total. The Morgan fingerprint density at radius 2 is 1.96 bits per heavy atom. The second-order valence-electron chi connectivity index (χ2n) is 7.04. The Hall–Kier alpha value is -2.77. The normalized spacial score (nSPS) is 22.4. The molecular formula is C19H26N4O4. The van der Waals surface area contributed by atoms with Crippen LogP contribution in [0, 0.1) is 0 Å². The third-order valence-corrected chi connectivity index (χ3v) is 5.08. The van der Waals surface area contributed by atoms with E-state index in [0.717, 1.165) is 24.5 Å². The number of anilines is 1. The smallest absolute Gasteiger partial charge is 0.322 e. The molecule has 1 aromatic rings. The summed E-state index contributed by atoms with van der Waals surface area (Å²) in [5.41, 5.74) is 0.0831. The van der Waals surface area contributed by atoms with Crippen molar-refractivity contribution in [2.24, 2.45) is 0 Å². The second kappa shape index (κ2) is 7.85. The highest BCUT2D eigenvalue weighted by atomic mass is 16.5. The van der Waals surface area contributed by atoms with Crippen LogP contribution >= 0.6 is 0 Å². The maximum absolute atomic E-state index is 12.5. The van der Waals surface area contributed by atoms with Gasteiger partial charge in [-0.25, -0.2) is 4.79 Å². The van der Waals surface area contributed by atoms with E-state index in [2.05, 4.69) is 15.5 Å². The minimum atomic E-state index is -1.01. The molecule has 2 heterocycles. The molecule has 1 aromatic carbocycles. The van der Waals surface area contributed by atoms with Crippen molar-refractivity contribution in [3.8, 4) is 5.75 Å². The molecule has 0 aliphatic carbocycles. The summed E-state index contributed by atoms with van der Waals surface area (Å²) in [4.78, 5) is 39.7. The molecule has 146 valence electrons. The summed E-state index contributed by atoms with van der Waals surface area (Å²) >= 11 is 0. The van der Waals surface area contributed by atoms with E-state index in [0.29, 0.717) is 26.1 Å². The molecule has 2 aliphatic rings. The van der Waals surface area contributed by atoms with Gasteiger partial charge in [-0.05, 0) is 32.4 Å². The summed E-state index contributed by atoms with van der Waals surface area (Å²) in [5, 5.41) is 4.81. The molecule has 4 amide bonds. The van der Waals surface area contributed by atoms with Crippen LogP contribution in [0.4, 0.5) is 10.5 Å². The number of carbonyl (C=O) groups excluding carboxylic acids is 3. The van der Waals surface area contributed by atoms with Gasteiger partial charge in [-0.3, -0.25) is 14.9 Å². The minimum absolute atomic E-state index is 0.00731. The molecule has 2 fully saturated rings. The number of hydrogen-bond acceptors (Lipinski definition) is 5. The number of rotatable bonds is 6. The molecule has 2 saturated heterocycles. The van der Waals surface area contributed by atoms with Gasteiger partial charge in [0, 0.05) is 44.4 Å². The van der Waals surface area contributed by atoms with Crippen molar-refractivity contribution < 1.29 is 19.1 Å². The van der Waals surface area contributed by atoms with Gasteiger partial charge in [0.05, 0.1) is 6.61 Å². The molecule has 0 bridgehead atoms. The van der Waals surface area contributed by atoms with Crippen LogP contribution in [0.3, 0.4) is 0 Å². The maximum atomic E-state index is 12.5. The molecule has 8 heteroatoms. The van der Waals surface area contributed by atoms with E-state index < -0.39 is 11.6 Å².